The summed E-state index contributed by atoms with van der Waals surface area (Å²) in [5.41, 5.74) is 0. The van der Waals surface area contributed by atoms with Gasteiger partial charge in [0.2, 0.25) is 0 Å². The molecule has 0 amide bonds. The van der Waals surface area contributed by atoms with Crippen molar-refractivity contribution in [1.82, 2.24) is 0 Å². The molecule has 2 aliphatic heterocycles. The summed E-state index contributed by atoms with van der Waals surface area (Å²) in [5.74, 6) is 0.299. The Bertz CT molecular complexity index is 285. The third-order valence-corrected chi connectivity index (χ3v) is 4.68. The van der Waals surface area contributed by atoms with Gasteiger partial charge in [-0.15, -0.1) is 0 Å². The first kappa shape index (κ1) is 18.8. The highest BCUT2D eigenvalue weighted by atomic mass is 16.5. The second-order valence-corrected chi connectivity index (χ2v) is 6.74. The fourth-order valence-corrected chi connectivity index (χ4v) is 3.18. The Balaban J connectivity index is 0.000000211. The minimum Gasteiger partial charge on any atom is -0.390 e. The Morgan fingerprint density at radius 3 is 1.52 bits per heavy atom. The molecule has 0 saturated carbocycles. The fraction of sp³-hybridized carbons (Fsp3) is 1.00. The van der Waals surface area contributed by atoms with Gasteiger partial charge in [0.25, 0.3) is 0 Å². The molecule has 0 aromatic carbocycles. The summed E-state index contributed by atoms with van der Waals surface area (Å²) in [5, 5.41) is 28.3. The van der Waals surface area contributed by atoms with E-state index >= 15 is 0 Å². The third kappa shape index (κ3) is 4.89. The molecule has 0 aliphatic carbocycles. The van der Waals surface area contributed by atoms with Crippen LogP contribution in [0.5, 0.6) is 0 Å². The van der Waals surface area contributed by atoms with Crippen molar-refractivity contribution in [3.63, 3.8) is 0 Å². The molecule has 2 fully saturated rings. The van der Waals surface area contributed by atoms with Crippen molar-refractivity contribution >= 4 is 0 Å². The van der Waals surface area contributed by atoms with E-state index in [4.69, 9.17) is 9.47 Å². The van der Waals surface area contributed by atoms with E-state index in [2.05, 4.69) is 13.8 Å². The second kappa shape index (κ2) is 7.88. The van der Waals surface area contributed by atoms with Gasteiger partial charge >= 0.3 is 0 Å². The Kier molecular flexibility index (Phi) is 7.07. The minimum absolute atomic E-state index is 0.0127. The number of hydrogen-bond donors (Lipinski definition) is 3. The van der Waals surface area contributed by atoms with Gasteiger partial charge < -0.3 is 24.8 Å². The Morgan fingerprint density at radius 1 is 0.667 bits per heavy atom. The molecule has 126 valence electrons. The van der Waals surface area contributed by atoms with Crippen molar-refractivity contribution in [3.8, 4) is 0 Å². The van der Waals surface area contributed by atoms with Crippen LogP contribution in [0.2, 0.25) is 0 Å². The van der Waals surface area contributed by atoms with Crippen LogP contribution >= 0.6 is 0 Å². The topological polar surface area (TPSA) is 79.2 Å². The number of rotatable bonds is 0. The summed E-state index contributed by atoms with van der Waals surface area (Å²) >= 11 is 0. The first-order chi connectivity index (χ1) is 9.65. The first-order valence-corrected chi connectivity index (χ1v) is 8.00. The van der Waals surface area contributed by atoms with E-state index in [1.807, 2.05) is 27.7 Å². The first-order valence-electron chi connectivity index (χ1n) is 8.00. The molecule has 0 spiro atoms. The van der Waals surface area contributed by atoms with Gasteiger partial charge in [0.15, 0.2) is 0 Å². The molecule has 21 heavy (non-hydrogen) atoms. The quantitative estimate of drug-likeness (QED) is 0.629. The van der Waals surface area contributed by atoms with Crippen LogP contribution in [0.15, 0.2) is 0 Å². The van der Waals surface area contributed by atoms with E-state index in [1.54, 1.807) is 0 Å². The molecule has 0 aromatic rings. The summed E-state index contributed by atoms with van der Waals surface area (Å²) in [6.45, 7) is 11.5. The molecule has 0 aromatic heterocycles. The predicted octanol–water partition coefficient (Wildman–Crippen LogP) is 1.33. The van der Waals surface area contributed by atoms with Crippen LogP contribution in [0, 0.1) is 11.8 Å². The van der Waals surface area contributed by atoms with Crippen molar-refractivity contribution in [1.29, 1.82) is 0 Å². The van der Waals surface area contributed by atoms with Crippen LogP contribution in [0.3, 0.4) is 0 Å². The maximum absolute atomic E-state index is 9.45. The average molecular weight is 304 g/mol. The lowest BCUT2D eigenvalue weighted by atomic mass is 9.89. The van der Waals surface area contributed by atoms with Gasteiger partial charge in [-0.3, -0.25) is 0 Å². The van der Waals surface area contributed by atoms with Crippen LogP contribution in [0.1, 0.15) is 48.0 Å². The molecule has 5 unspecified atom stereocenters. The van der Waals surface area contributed by atoms with Crippen molar-refractivity contribution in [2.24, 2.45) is 11.8 Å². The maximum Gasteiger partial charge on any atom is 0.0850 e. The lowest BCUT2D eigenvalue weighted by Crippen LogP contribution is -2.50. The van der Waals surface area contributed by atoms with Crippen molar-refractivity contribution in [2.45, 2.75) is 90.7 Å². The molecule has 0 radical (unpaired) electrons. The normalized spacial score (nSPS) is 51.0. The molecule has 2 rings (SSSR count). The van der Waals surface area contributed by atoms with E-state index < -0.39 is 12.2 Å². The van der Waals surface area contributed by atoms with Crippen molar-refractivity contribution in [2.75, 3.05) is 0 Å². The Morgan fingerprint density at radius 2 is 1.10 bits per heavy atom. The zero-order chi connectivity index (χ0) is 16.3. The average Bonchev–Trinajstić information content (AvgIpc) is 2.41. The monoisotopic (exact) mass is 304 g/mol. The molecular weight excluding hydrogens is 272 g/mol. The molecule has 5 heteroatoms. The summed E-state index contributed by atoms with van der Waals surface area (Å²) in [7, 11) is 0. The lowest BCUT2D eigenvalue weighted by Gasteiger charge is -2.38. The number of aliphatic hydroxyl groups excluding tert-OH is 3. The molecule has 2 heterocycles. The zero-order valence-electron chi connectivity index (χ0n) is 14.1. The smallest absolute Gasteiger partial charge is 0.0850 e. The number of aliphatic hydroxyl groups is 3. The lowest BCUT2D eigenvalue weighted by molar-refractivity contribution is -0.183. The van der Waals surface area contributed by atoms with E-state index in [0.29, 0.717) is 12.0 Å². The number of ether oxygens (including phenoxy) is 2. The number of hydrogen-bond acceptors (Lipinski definition) is 5. The molecular formula is C16H32O5. The van der Waals surface area contributed by atoms with Crippen LogP contribution in [-0.4, -0.2) is 58.0 Å². The molecule has 8 atom stereocenters. The van der Waals surface area contributed by atoms with Crippen molar-refractivity contribution in [3.05, 3.63) is 0 Å². The highest BCUT2D eigenvalue weighted by Gasteiger charge is 2.37. The molecule has 2 saturated heterocycles. The van der Waals surface area contributed by atoms with E-state index in [1.165, 1.54) is 0 Å². The van der Waals surface area contributed by atoms with E-state index in [0.717, 1.165) is 6.42 Å². The minimum atomic E-state index is -0.541. The van der Waals surface area contributed by atoms with Crippen LogP contribution < -0.4 is 0 Å². The second-order valence-electron chi connectivity index (χ2n) is 6.74. The predicted molar refractivity (Wildman–Crippen MR) is 81.0 cm³/mol. The summed E-state index contributed by atoms with van der Waals surface area (Å²) in [4.78, 5) is 0. The van der Waals surface area contributed by atoms with Gasteiger partial charge in [0.05, 0.1) is 42.7 Å². The van der Waals surface area contributed by atoms with Crippen LogP contribution in [0.25, 0.3) is 0 Å². The fourth-order valence-electron chi connectivity index (χ4n) is 3.18. The summed E-state index contributed by atoms with van der Waals surface area (Å²) in [6, 6.07) is 0. The summed E-state index contributed by atoms with van der Waals surface area (Å²) < 4.78 is 10.7. The standard InChI is InChI=1S/C8H16O3.C8H16O2/c1-4-7(9)5(2)11-6(3)8(4)10;1-5-4-6(2)10-7(3)8(5)9/h4-10H,1-3H3;5-9H,4H2,1-3H3/t;5-,6+,7?,8+/m.1/s1. The van der Waals surface area contributed by atoms with Gasteiger partial charge in [0.1, 0.15) is 0 Å². The summed E-state index contributed by atoms with van der Waals surface area (Å²) in [6.07, 6.45) is -0.372. The maximum atomic E-state index is 9.45. The molecule has 5 nitrogen and oxygen atoms in total. The SMILES string of the molecule is CC1OC(C)C(O)C(C)C1O.CC1O[C@@H](C)C[C@@H](C)[C@@H]1O. The molecule has 3 N–H and O–H groups in total. The van der Waals surface area contributed by atoms with Crippen molar-refractivity contribution < 1.29 is 24.8 Å². The third-order valence-electron chi connectivity index (χ3n) is 4.68. The Labute approximate surface area is 128 Å². The van der Waals surface area contributed by atoms with E-state index in [9.17, 15) is 15.3 Å². The molecule has 2 aliphatic rings. The highest BCUT2D eigenvalue weighted by molar-refractivity contribution is 4.85. The van der Waals surface area contributed by atoms with Gasteiger partial charge in [-0.05, 0) is 40.0 Å². The largest absolute Gasteiger partial charge is 0.390 e. The zero-order valence-corrected chi connectivity index (χ0v) is 14.1. The van der Waals surface area contributed by atoms with E-state index in [-0.39, 0.29) is 30.3 Å². The van der Waals surface area contributed by atoms with Gasteiger partial charge in [0, 0.05) is 5.92 Å². The van der Waals surface area contributed by atoms with Crippen LogP contribution in [-0.2, 0) is 9.47 Å². The van der Waals surface area contributed by atoms with Gasteiger partial charge in [-0.25, -0.2) is 0 Å². The van der Waals surface area contributed by atoms with Gasteiger partial charge in [-0.2, -0.15) is 0 Å². The molecule has 0 bridgehead atoms. The van der Waals surface area contributed by atoms with Gasteiger partial charge in [-0.1, -0.05) is 13.8 Å². The van der Waals surface area contributed by atoms with Crippen LogP contribution in [0.4, 0.5) is 0 Å². The Hall–Kier alpha value is -0.200. The highest BCUT2D eigenvalue weighted by Crippen LogP contribution is 2.25.